The molecule has 3 rings (SSSR count). The monoisotopic (exact) mass is 430 g/mol. The van der Waals surface area contributed by atoms with E-state index in [0.29, 0.717) is 38.2 Å². The summed E-state index contributed by atoms with van der Waals surface area (Å²) in [7, 11) is 0. The van der Waals surface area contributed by atoms with Crippen LogP contribution in [0.1, 0.15) is 30.4 Å². The van der Waals surface area contributed by atoms with E-state index in [-0.39, 0.29) is 19.3 Å². The number of amides is 2. The summed E-state index contributed by atoms with van der Waals surface area (Å²) in [4.78, 5) is 26.5. The van der Waals surface area contributed by atoms with Gasteiger partial charge in [0, 0.05) is 19.0 Å². The van der Waals surface area contributed by atoms with Gasteiger partial charge in [0.1, 0.15) is 6.61 Å². The van der Waals surface area contributed by atoms with Gasteiger partial charge in [0.15, 0.2) is 0 Å². The number of hydrogen-bond donors (Lipinski definition) is 1. The van der Waals surface area contributed by atoms with E-state index in [2.05, 4.69) is 5.32 Å². The second-order valence-electron chi connectivity index (χ2n) is 7.28. The Bertz CT molecular complexity index is 808. The van der Waals surface area contributed by atoms with E-state index in [1.54, 1.807) is 4.90 Å². The second-order valence-corrected chi connectivity index (χ2v) is 7.66. The minimum Gasteiger partial charge on any atom is -0.450 e. The number of alkyl carbamates (subject to hydrolysis) is 1. The molecule has 1 N–H and O–H groups in total. The van der Waals surface area contributed by atoms with Crippen LogP contribution in [0.4, 0.5) is 9.59 Å². The molecule has 30 heavy (non-hydrogen) atoms. The molecule has 1 fully saturated rings. The number of benzene rings is 2. The van der Waals surface area contributed by atoms with Gasteiger partial charge in [-0.15, -0.1) is 11.6 Å². The van der Waals surface area contributed by atoms with Gasteiger partial charge >= 0.3 is 12.2 Å². The molecule has 1 aliphatic rings. The van der Waals surface area contributed by atoms with Crippen LogP contribution in [0.25, 0.3) is 0 Å². The topological polar surface area (TPSA) is 67.9 Å². The van der Waals surface area contributed by atoms with Gasteiger partial charge < -0.3 is 19.7 Å². The third-order valence-corrected chi connectivity index (χ3v) is 5.53. The number of alkyl halides is 1. The molecular formula is C23H27ClN2O4. The Morgan fingerprint density at radius 1 is 0.967 bits per heavy atom. The van der Waals surface area contributed by atoms with Crippen molar-refractivity contribution in [1.82, 2.24) is 10.2 Å². The lowest BCUT2D eigenvalue weighted by Crippen LogP contribution is -2.54. The van der Waals surface area contributed by atoms with Crippen molar-refractivity contribution in [3.8, 4) is 0 Å². The number of nitrogens with one attached hydrogen (secondary N) is 1. The summed E-state index contributed by atoms with van der Waals surface area (Å²) in [5, 5.41) is 3.04. The lowest BCUT2D eigenvalue weighted by atomic mass is 9.81. The van der Waals surface area contributed by atoms with Crippen LogP contribution in [-0.4, -0.2) is 42.7 Å². The number of carbonyl (C=O) groups is 2. The standard InChI is InChI=1S/C23H27ClN2O4/c24-14-7-17-29-21(27)25-23(20-10-5-2-6-11-20)12-15-26(16-13-23)22(28)30-18-19-8-3-1-4-9-19/h1-6,8-11H,7,12-18H2,(H,25,27). The van der Waals surface area contributed by atoms with Gasteiger partial charge in [-0.1, -0.05) is 60.7 Å². The molecule has 1 saturated heterocycles. The third-order valence-electron chi connectivity index (χ3n) is 5.26. The van der Waals surface area contributed by atoms with Gasteiger partial charge in [-0.25, -0.2) is 9.59 Å². The van der Waals surface area contributed by atoms with Crippen molar-refractivity contribution in [2.24, 2.45) is 0 Å². The van der Waals surface area contributed by atoms with Crippen LogP contribution in [-0.2, 0) is 21.6 Å². The zero-order valence-corrected chi connectivity index (χ0v) is 17.6. The first kappa shape index (κ1) is 22.0. The molecule has 0 bridgehead atoms. The van der Waals surface area contributed by atoms with Crippen molar-refractivity contribution in [1.29, 1.82) is 0 Å². The van der Waals surface area contributed by atoms with Crippen LogP contribution in [0.15, 0.2) is 60.7 Å². The molecule has 0 unspecified atom stereocenters. The average molecular weight is 431 g/mol. The Balaban J connectivity index is 1.61. The summed E-state index contributed by atoms with van der Waals surface area (Å²) in [5.41, 5.74) is 1.36. The molecule has 2 aromatic rings. The maximum Gasteiger partial charge on any atom is 0.410 e. The molecular weight excluding hydrogens is 404 g/mol. The zero-order chi connectivity index (χ0) is 21.2. The molecule has 7 heteroatoms. The molecule has 2 amide bonds. The number of piperidine rings is 1. The fourth-order valence-corrected chi connectivity index (χ4v) is 3.68. The quantitative estimate of drug-likeness (QED) is 0.512. The summed E-state index contributed by atoms with van der Waals surface area (Å²) in [6, 6.07) is 19.4. The zero-order valence-electron chi connectivity index (χ0n) is 16.9. The molecule has 0 saturated carbocycles. The SMILES string of the molecule is O=C(NC1(c2ccccc2)CCN(C(=O)OCc2ccccc2)CC1)OCCCCl. The van der Waals surface area contributed by atoms with Crippen molar-refractivity contribution in [2.75, 3.05) is 25.6 Å². The molecule has 1 aliphatic heterocycles. The first-order chi connectivity index (χ1) is 14.6. The van der Waals surface area contributed by atoms with Gasteiger partial charge in [-0.3, -0.25) is 0 Å². The molecule has 2 aromatic carbocycles. The predicted molar refractivity (Wildman–Crippen MR) is 115 cm³/mol. The molecule has 6 nitrogen and oxygen atoms in total. The first-order valence-electron chi connectivity index (χ1n) is 10.1. The lowest BCUT2D eigenvalue weighted by Gasteiger charge is -2.42. The maximum absolute atomic E-state index is 12.5. The van der Waals surface area contributed by atoms with Crippen molar-refractivity contribution in [3.05, 3.63) is 71.8 Å². The van der Waals surface area contributed by atoms with E-state index in [0.717, 1.165) is 11.1 Å². The number of carbonyl (C=O) groups excluding carboxylic acids is 2. The summed E-state index contributed by atoms with van der Waals surface area (Å²) >= 11 is 5.65. The van der Waals surface area contributed by atoms with Crippen molar-refractivity contribution < 1.29 is 19.1 Å². The van der Waals surface area contributed by atoms with E-state index < -0.39 is 11.6 Å². The minimum atomic E-state index is -0.588. The minimum absolute atomic E-state index is 0.241. The first-order valence-corrected chi connectivity index (χ1v) is 10.7. The highest BCUT2D eigenvalue weighted by molar-refractivity contribution is 6.17. The van der Waals surface area contributed by atoms with Crippen molar-refractivity contribution in [3.63, 3.8) is 0 Å². The molecule has 0 aliphatic carbocycles. The summed E-state index contributed by atoms with van der Waals surface area (Å²) in [6.07, 6.45) is 0.938. The van der Waals surface area contributed by atoms with Gasteiger partial charge in [0.05, 0.1) is 12.1 Å². The number of rotatable bonds is 7. The Kier molecular flexibility index (Phi) is 7.97. The number of nitrogens with zero attached hydrogens (tertiary/aromatic N) is 1. The van der Waals surface area contributed by atoms with Crippen molar-refractivity contribution in [2.45, 2.75) is 31.4 Å². The van der Waals surface area contributed by atoms with Crippen LogP contribution < -0.4 is 5.32 Å². The van der Waals surface area contributed by atoms with E-state index >= 15 is 0 Å². The highest BCUT2D eigenvalue weighted by atomic mass is 35.5. The third kappa shape index (κ3) is 5.89. The highest BCUT2D eigenvalue weighted by Gasteiger charge is 2.39. The Labute approximate surface area is 182 Å². The largest absolute Gasteiger partial charge is 0.450 e. The Morgan fingerprint density at radius 2 is 1.60 bits per heavy atom. The number of likely N-dealkylation sites (tertiary alicyclic amines) is 1. The molecule has 160 valence electrons. The van der Waals surface area contributed by atoms with Crippen LogP contribution in [0.2, 0.25) is 0 Å². The van der Waals surface area contributed by atoms with Crippen LogP contribution >= 0.6 is 11.6 Å². The van der Waals surface area contributed by atoms with E-state index in [1.807, 2.05) is 60.7 Å². The smallest absolute Gasteiger partial charge is 0.410 e. The number of hydrogen-bond acceptors (Lipinski definition) is 4. The fourth-order valence-electron chi connectivity index (χ4n) is 3.58. The summed E-state index contributed by atoms with van der Waals surface area (Å²) in [5.74, 6) is 0.442. The van der Waals surface area contributed by atoms with E-state index in [1.165, 1.54) is 0 Å². The van der Waals surface area contributed by atoms with Crippen LogP contribution in [0.3, 0.4) is 0 Å². The molecule has 0 radical (unpaired) electrons. The molecule has 0 spiro atoms. The van der Waals surface area contributed by atoms with E-state index in [9.17, 15) is 9.59 Å². The van der Waals surface area contributed by atoms with Crippen molar-refractivity contribution >= 4 is 23.8 Å². The van der Waals surface area contributed by atoms with Gasteiger partial charge in [-0.2, -0.15) is 0 Å². The van der Waals surface area contributed by atoms with Gasteiger partial charge in [0.2, 0.25) is 0 Å². The highest BCUT2D eigenvalue weighted by Crippen LogP contribution is 2.33. The van der Waals surface area contributed by atoms with Crippen LogP contribution in [0.5, 0.6) is 0 Å². The summed E-state index contributed by atoms with van der Waals surface area (Å²) < 4.78 is 10.7. The van der Waals surface area contributed by atoms with Gasteiger partial charge in [0.25, 0.3) is 0 Å². The average Bonchev–Trinajstić information content (AvgIpc) is 2.79. The molecule has 0 atom stereocenters. The fraction of sp³-hybridized carbons (Fsp3) is 0.391. The maximum atomic E-state index is 12.5. The lowest BCUT2D eigenvalue weighted by molar-refractivity contribution is 0.0684. The van der Waals surface area contributed by atoms with E-state index in [4.69, 9.17) is 21.1 Å². The second kappa shape index (κ2) is 10.9. The Hall–Kier alpha value is -2.73. The molecule has 1 heterocycles. The molecule has 0 aromatic heterocycles. The number of ether oxygens (including phenoxy) is 2. The normalized spacial score (nSPS) is 15.3. The Morgan fingerprint density at radius 3 is 2.23 bits per heavy atom. The predicted octanol–water partition coefficient (Wildman–Crippen LogP) is 4.67. The number of halogens is 1. The summed E-state index contributed by atoms with van der Waals surface area (Å²) in [6.45, 7) is 1.47. The van der Waals surface area contributed by atoms with Crippen LogP contribution in [0, 0.1) is 0 Å². The van der Waals surface area contributed by atoms with Gasteiger partial charge in [-0.05, 0) is 30.4 Å².